The third-order valence-corrected chi connectivity index (χ3v) is 4.12. The maximum absolute atomic E-state index is 9.99. The van der Waals surface area contributed by atoms with Gasteiger partial charge in [0.15, 0.2) is 0 Å². The summed E-state index contributed by atoms with van der Waals surface area (Å²) < 4.78 is 0. The van der Waals surface area contributed by atoms with Gasteiger partial charge in [0.05, 0.1) is 11.8 Å². The van der Waals surface area contributed by atoms with Crippen LogP contribution in [0.15, 0.2) is 41.5 Å². The van der Waals surface area contributed by atoms with Crippen molar-refractivity contribution in [2.24, 2.45) is 5.10 Å². The maximum atomic E-state index is 9.99. The number of nitrogens with zero attached hydrogens (tertiary/aromatic N) is 1. The van der Waals surface area contributed by atoms with Crippen molar-refractivity contribution in [1.29, 1.82) is 0 Å². The molecule has 0 saturated carbocycles. The molecule has 21 heavy (non-hydrogen) atoms. The first-order chi connectivity index (χ1) is 10.0. The molecule has 0 aliphatic carbocycles. The summed E-state index contributed by atoms with van der Waals surface area (Å²) in [5.41, 5.74) is 6.70. The number of phenolic OH excluding ortho intramolecular Hbond substituents is 1. The number of rotatable bonds is 2. The smallest absolute Gasteiger partial charge is 0.124 e. The summed E-state index contributed by atoms with van der Waals surface area (Å²) in [6.45, 7) is 1.99. The van der Waals surface area contributed by atoms with Gasteiger partial charge in [-0.2, -0.15) is 5.10 Å². The van der Waals surface area contributed by atoms with E-state index in [0.717, 1.165) is 22.4 Å². The van der Waals surface area contributed by atoms with Crippen LogP contribution >= 0.6 is 23.2 Å². The molecule has 1 atom stereocenters. The number of nitrogens with one attached hydrogen (secondary N) is 1. The molecule has 0 aromatic heterocycles. The lowest BCUT2D eigenvalue weighted by molar-refractivity contribution is 0.474. The van der Waals surface area contributed by atoms with Crippen LogP contribution < -0.4 is 5.43 Å². The minimum atomic E-state index is -0.00956. The van der Waals surface area contributed by atoms with Gasteiger partial charge in [-0.05, 0) is 36.8 Å². The molecule has 2 aromatic rings. The Hall–Kier alpha value is -1.71. The van der Waals surface area contributed by atoms with E-state index >= 15 is 0 Å². The molecular formula is C16H14Cl2N2O. The van der Waals surface area contributed by atoms with E-state index in [0.29, 0.717) is 16.5 Å². The first kappa shape index (κ1) is 14.2. The van der Waals surface area contributed by atoms with Crippen molar-refractivity contribution in [2.45, 2.75) is 19.4 Å². The number of benzene rings is 2. The molecule has 3 rings (SSSR count). The lowest BCUT2D eigenvalue weighted by Crippen LogP contribution is -2.10. The molecule has 0 bridgehead atoms. The minimum Gasteiger partial charge on any atom is -0.507 e. The van der Waals surface area contributed by atoms with E-state index in [-0.39, 0.29) is 11.8 Å². The van der Waals surface area contributed by atoms with Crippen molar-refractivity contribution in [1.82, 2.24) is 5.43 Å². The van der Waals surface area contributed by atoms with Gasteiger partial charge in [-0.15, -0.1) is 0 Å². The molecule has 2 N–H and O–H groups in total. The SMILES string of the molecule is Cc1ccc(O)c(C2=NNC(c3ccc(Cl)cc3Cl)C2)c1. The van der Waals surface area contributed by atoms with Crippen LogP contribution in [-0.2, 0) is 0 Å². The highest BCUT2D eigenvalue weighted by Gasteiger charge is 2.24. The second-order valence-electron chi connectivity index (χ2n) is 5.13. The van der Waals surface area contributed by atoms with Crippen molar-refractivity contribution in [3.8, 4) is 5.75 Å². The second-order valence-corrected chi connectivity index (χ2v) is 5.97. The van der Waals surface area contributed by atoms with Crippen LogP contribution in [0.5, 0.6) is 5.75 Å². The molecule has 0 saturated heterocycles. The van der Waals surface area contributed by atoms with Gasteiger partial charge in [-0.25, -0.2) is 0 Å². The molecule has 1 unspecified atom stereocenters. The van der Waals surface area contributed by atoms with Gasteiger partial charge in [0.25, 0.3) is 0 Å². The molecule has 0 fully saturated rings. The van der Waals surface area contributed by atoms with E-state index in [2.05, 4.69) is 10.5 Å². The van der Waals surface area contributed by atoms with Crippen molar-refractivity contribution in [3.05, 3.63) is 63.1 Å². The molecule has 2 aromatic carbocycles. The zero-order chi connectivity index (χ0) is 15.0. The zero-order valence-corrected chi connectivity index (χ0v) is 12.9. The predicted octanol–water partition coefficient (Wildman–Crippen LogP) is 4.45. The van der Waals surface area contributed by atoms with E-state index in [1.165, 1.54) is 0 Å². The molecule has 108 valence electrons. The molecule has 3 nitrogen and oxygen atoms in total. The third-order valence-electron chi connectivity index (χ3n) is 3.55. The Morgan fingerprint density at radius 3 is 2.76 bits per heavy atom. The molecule has 1 aliphatic rings. The number of hydrazone groups is 1. The Morgan fingerprint density at radius 1 is 1.19 bits per heavy atom. The Kier molecular flexibility index (Phi) is 3.79. The molecule has 5 heteroatoms. The van der Waals surface area contributed by atoms with Gasteiger partial charge in [0.1, 0.15) is 5.75 Å². The fourth-order valence-electron chi connectivity index (χ4n) is 2.46. The van der Waals surface area contributed by atoms with Crippen LogP contribution in [0, 0.1) is 6.92 Å². The summed E-state index contributed by atoms with van der Waals surface area (Å²) in [6.07, 6.45) is 0.665. The van der Waals surface area contributed by atoms with E-state index < -0.39 is 0 Å². The van der Waals surface area contributed by atoms with Crippen LogP contribution in [0.2, 0.25) is 10.0 Å². The van der Waals surface area contributed by atoms with Crippen LogP contribution in [0.4, 0.5) is 0 Å². The van der Waals surface area contributed by atoms with Gasteiger partial charge in [-0.1, -0.05) is 40.9 Å². The van der Waals surface area contributed by atoms with Gasteiger partial charge in [0.2, 0.25) is 0 Å². The fourth-order valence-corrected chi connectivity index (χ4v) is 3.00. The Labute approximate surface area is 133 Å². The molecule has 0 amide bonds. The summed E-state index contributed by atoms with van der Waals surface area (Å²) in [7, 11) is 0. The van der Waals surface area contributed by atoms with Crippen molar-refractivity contribution >= 4 is 28.9 Å². The molecular weight excluding hydrogens is 307 g/mol. The number of halogens is 2. The Bertz CT molecular complexity index is 728. The lowest BCUT2D eigenvalue weighted by Gasteiger charge is -2.12. The standard InChI is InChI=1S/C16H14Cl2N2O/c1-9-2-5-16(21)12(6-9)15-8-14(19-20-15)11-4-3-10(17)7-13(11)18/h2-7,14,19,21H,8H2,1H3. The van der Waals surface area contributed by atoms with E-state index in [1.54, 1.807) is 12.1 Å². The van der Waals surface area contributed by atoms with Crippen LogP contribution in [-0.4, -0.2) is 10.8 Å². The van der Waals surface area contributed by atoms with Gasteiger partial charge in [0, 0.05) is 22.0 Å². The molecule has 0 radical (unpaired) electrons. The molecule has 0 spiro atoms. The summed E-state index contributed by atoms with van der Waals surface area (Å²) in [5.74, 6) is 0.240. The lowest BCUT2D eigenvalue weighted by atomic mass is 9.97. The quantitative estimate of drug-likeness (QED) is 0.858. The zero-order valence-electron chi connectivity index (χ0n) is 11.4. The highest BCUT2D eigenvalue weighted by Crippen LogP contribution is 2.33. The Balaban J connectivity index is 1.86. The predicted molar refractivity (Wildman–Crippen MR) is 86.3 cm³/mol. The van der Waals surface area contributed by atoms with Crippen LogP contribution in [0.25, 0.3) is 0 Å². The molecule has 1 aliphatic heterocycles. The number of phenols is 1. The number of aryl methyl sites for hydroxylation is 1. The van der Waals surface area contributed by atoms with E-state index in [1.807, 2.05) is 31.2 Å². The highest BCUT2D eigenvalue weighted by atomic mass is 35.5. The van der Waals surface area contributed by atoms with Crippen molar-refractivity contribution < 1.29 is 5.11 Å². The van der Waals surface area contributed by atoms with E-state index in [9.17, 15) is 5.11 Å². The van der Waals surface area contributed by atoms with Gasteiger partial charge >= 0.3 is 0 Å². The summed E-state index contributed by atoms with van der Waals surface area (Å²) in [6, 6.07) is 10.9. The van der Waals surface area contributed by atoms with Gasteiger partial charge in [-0.3, -0.25) is 0 Å². The number of aromatic hydroxyl groups is 1. The van der Waals surface area contributed by atoms with Gasteiger partial charge < -0.3 is 10.5 Å². The second kappa shape index (κ2) is 5.58. The number of hydrogen-bond donors (Lipinski definition) is 2. The average molecular weight is 321 g/mol. The first-order valence-corrected chi connectivity index (χ1v) is 7.37. The maximum Gasteiger partial charge on any atom is 0.124 e. The summed E-state index contributed by atoms with van der Waals surface area (Å²) >= 11 is 12.2. The van der Waals surface area contributed by atoms with E-state index in [4.69, 9.17) is 23.2 Å². The third kappa shape index (κ3) is 2.85. The number of hydrogen-bond acceptors (Lipinski definition) is 3. The average Bonchev–Trinajstić information content (AvgIpc) is 2.91. The monoisotopic (exact) mass is 320 g/mol. The van der Waals surface area contributed by atoms with Crippen LogP contribution in [0.3, 0.4) is 0 Å². The highest BCUT2D eigenvalue weighted by molar-refractivity contribution is 6.35. The topological polar surface area (TPSA) is 44.6 Å². The van der Waals surface area contributed by atoms with Crippen molar-refractivity contribution in [2.75, 3.05) is 0 Å². The summed E-state index contributed by atoms with van der Waals surface area (Å²) in [4.78, 5) is 0. The first-order valence-electron chi connectivity index (χ1n) is 6.61. The van der Waals surface area contributed by atoms with Crippen molar-refractivity contribution in [3.63, 3.8) is 0 Å². The normalized spacial score (nSPS) is 17.5. The minimum absolute atomic E-state index is 0.00956. The molecule has 1 heterocycles. The van der Waals surface area contributed by atoms with Crippen LogP contribution in [0.1, 0.15) is 29.2 Å². The Morgan fingerprint density at radius 2 is 2.00 bits per heavy atom. The largest absolute Gasteiger partial charge is 0.507 e. The summed E-state index contributed by atoms with van der Waals surface area (Å²) in [5, 5.41) is 15.6. The fraction of sp³-hybridized carbons (Fsp3) is 0.188.